The molecule has 1 unspecified atom stereocenters. The van der Waals surface area contributed by atoms with Gasteiger partial charge in [0, 0.05) is 29.3 Å². The van der Waals surface area contributed by atoms with Gasteiger partial charge in [0.15, 0.2) is 0 Å². The Morgan fingerprint density at radius 1 is 1.33 bits per heavy atom. The highest BCUT2D eigenvalue weighted by atomic mass is 35.7. The van der Waals surface area contributed by atoms with E-state index in [1.807, 2.05) is 0 Å². The van der Waals surface area contributed by atoms with E-state index in [0.717, 1.165) is 32.5 Å². The number of hydrogen-bond acceptors (Lipinski definition) is 4. The fraction of sp³-hybridized carbons (Fsp3) is 1.00. The minimum atomic E-state index is -3.45. The van der Waals surface area contributed by atoms with Gasteiger partial charge in [0.05, 0.1) is 18.5 Å². The van der Waals surface area contributed by atoms with Crippen LogP contribution in [0.3, 0.4) is 0 Å². The fourth-order valence-electron chi connectivity index (χ4n) is 2.38. The molecule has 88 valence electrons. The maximum absolute atomic E-state index is 10.9. The minimum absolute atomic E-state index is 0.0723. The zero-order valence-corrected chi connectivity index (χ0v) is 10.0. The summed E-state index contributed by atoms with van der Waals surface area (Å²) < 4.78 is 32.6. The number of rotatable bonds is 2. The maximum atomic E-state index is 10.9. The maximum Gasteiger partial charge on any atom is 0.235 e. The summed E-state index contributed by atoms with van der Waals surface area (Å²) >= 11 is 0. The molecule has 15 heavy (non-hydrogen) atoms. The van der Waals surface area contributed by atoms with Crippen LogP contribution in [0.1, 0.15) is 19.3 Å². The molecule has 0 aliphatic carbocycles. The van der Waals surface area contributed by atoms with Crippen molar-refractivity contribution < 1.29 is 17.9 Å². The van der Waals surface area contributed by atoms with Gasteiger partial charge in [-0.25, -0.2) is 8.42 Å². The Morgan fingerprint density at radius 3 is 2.60 bits per heavy atom. The summed E-state index contributed by atoms with van der Waals surface area (Å²) in [7, 11) is 1.76. The van der Waals surface area contributed by atoms with Crippen molar-refractivity contribution in [2.24, 2.45) is 5.41 Å². The average Bonchev–Trinajstić information content (AvgIpc) is 2.47. The summed E-state index contributed by atoms with van der Waals surface area (Å²) in [4.78, 5) is 0. The van der Waals surface area contributed by atoms with Crippen molar-refractivity contribution in [3.63, 3.8) is 0 Å². The molecule has 2 rings (SSSR count). The lowest BCUT2D eigenvalue weighted by atomic mass is 9.78. The molecule has 2 aliphatic rings. The summed E-state index contributed by atoms with van der Waals surface area (Å²) in [6.07, 6.45) is 2.49. The van der Waals surface area contributed by atoms with Crippen LogP contribution in [0.5, 0.6) is 0 Å². The molecule has 0 amide bonds. The van der Waals surface area contributed by atoms with Crippen LogP contribution < -0.4 is 0 Å². The third kappa shape index (κ3) is 3.06. The molecule has 0 aromatic heterocycles. The van der Waals surface area contributed by atoms with Crippen molar-refractivity contribution in [3.8, 4) is 0 Å². The van der Waals surface area contributed by atoms with E-state index in [2.05, 4.69) is 0 Å². The highest BCUT2D eigenvalue weighted by Gasteiger charge is 2.42. The Morgan fingerprint density at radius 2 is 2.00 bits per heavy atom. The normalized spacial score (nSPS) is 30.9. The van der Waals surface area contributed by atoms with Crippen molar-refractivity contribution >= 4 is 19.7 Å². The van der Waals surface area contributed by atoms with Crippen LogP contribution in [0.4, 0.5) is 0 Å². The molecule has 0 aromatic carbocycles. The predicted molar refractivity (Wildman–Crippen MR) is 56.5 cm³/mol. The smallest absolute Gasteiger partial charge is 0.235 e. The van der Waals surface area contributed by atoms with Gasteiger partial charge in [-0.3, -0.25) is 0 Å². The van der Waals surface area contributed by atoms with Gasteiger partial charge in [0.1, 0.15) is 0 Å². The molecule has 1 atom stereocenters. The van der Waals surface area contributed by atoms with Crippen molar-refractivity contribution in [1.29, 1.82) is 0 Å². The molecule has 2 aliphatic heterocycles. The zero-order chi connectivity index (χ0) is 10.9. The summed E-state index contributed by atoms with van der Waals surface area (Å²) in [5.41, 5.74) is 0.143. The SMILES string of the molecule is O=S(=O)(Cl)CC1CC2(CCOCC2)CO1. The molecule has 0 saturated carbocycles. The Hall–Kier alpha value is 0.160. The van der Waals surface area contributed by atoms with Crippen LogP contribution in [0.2, 0.25) is 0 Å². The summed E-state index contributed by atoms with van der Waals surface area (Å²) in [6, 6.07) is 0. The Bertz CT molecular complexity index is 321. The largest absolute Gasteiger partial charge is 0.381 e. The third-order valence-corrected chi connectivity index (χ3v) is 4.37. The van der Waals surface area contributed by atoms with Crippen LogP contribution in [0.25, 0.3) is 0 Å². The first-order valence-corrected chi connectivity index (χ1v) is 7.59. The summed E-state index contributed by atoms with van der Waals surface area (Å²) in [5, 5.41) is 0. The van der Waals surface area contributed by atoms with Gasteiger partial charge in [-0.2, -0.15) is 0 Å². The van der Waals surface area contributed by atoms with Crippen molar-refractivity contribution in [2.45, 2.75) is 25.4 Å². The van der Waals surface area contributed by atoms with E-state index in [0.29, 0.717) is 6.61 Å². The lowest BCUT2D eigenvalue weighted by Crippen LogP contribution is -2.30. The molecule has 2 saturated heterocycles. The predicted octanol–water partition coefficient (Wildman–Crippen LogP) is 1.14. The van der Waals surface area contributed by atoms with E-state index in [1.165, 1.54) is 0 Å². The van der Waals surface area contributed by atoms with E-state index in [9.17, 15) is 8.42 Å². The van der Waals surface area contributed by atoms with Crippen LogP contribution in [-0.4, -0.2) is 40.1 Å². The quantitative estimate of drug-likeness (QED) is 0.694. The van der Waals surface area contributed by atoms with Gasteiger partial charge in [-0.15, -0.1) is 0 Å². The molecule has 6 heteroatoms. The van der Waals surface area contributed by atoms with Gasteiger partial charge in [0.25, 0.3) is 0 Å². The second-order valence-corrected chi connectivity index (χ2v) is 7.28. The van der Waals surface area contributed by atoms with E-state index in [4.69, 9.17) is 20.2 Å². The topological polar surface area (TPSA) is 52.6 Å². The first-order chi connectivity index (χ1) is 6.99. The van der Waals surface area contributed by atoms with Crippen LogP contribution in [-0.2, 0) is 18.5 Å². The molecule has 1 spiro atoms. The Kier molecular flexibility index (Phi) is 3.26. The molecule has 2 heterocycles. The fourth-order valence-corrected chi connectivity index (χ4v) is 3.46. The van der Waals surface area contributed by atoms with E-state index in [-0.39, 0.29) is 17.3 Å². The van der Waals surface area contributed by atoms with E-state index in [1.54, 1.807) is 0 Å². The first-order valence-electron chi connectivity index (χ1n) is 5.11. The molecular formula is C9H15ClO4S. The lowest BCUT2D eigenvalue weighted by Gasteiger charge is -2.31. The Balaban J connectivity index is 1.93. The molecule has 0 N–H and O–H groups in total. The molecule has 0 aromatic rings. The van der Waals surface area contributed by atoms with Gasteiger partial charge >= 0.3 is 0 Å². The van der Waals surface area contributed by atoms with Crippen molar-refractivity contribution in [1.82, 2.24) is 0 Å². The van der Waals surface area contributed by atoms with E-state index < -0.39 is 9.05 Å². The monoisotopic (exact) mass is 254 g/mol. The third-order valence-electron chi connectivity index (χ3n) is 3.22. The molecule has 0 bridgehead atoms. The highest BCUT2D eigenvalue weighted by molar-refractivity contribution is 8.13. The standard InChI is InChI=1S/C9H15ClO4S/c10-15(11,12)6-8-5-9(7-14-8)1-3-13-4-2-9/h8H,1-7H2. The second-order valence-electron chi connectivity index (χ2n) is 4.46. The van der Waals surface area contributed by atoms with Crippen LogP contribution >= 0.6 is 10.7 Å². The van der Waals surface area contributed by atoms with Crippen LogP contribution in [0.15, 0.2) is 0 Å². The van der Waals surface area contributed by atoms with E-state index >= 15 is 0 Å². The zero-order valence-electron chi connectivity index (χ0n) is 8.45. The van der Waals surface area contributed by atoms with Gasteiger partial charge in [0.2, 0.25) is 9.05 Å². The minimum Gasteiger partial charge on any atom is -0.381 e. The van der Waals surface area contributed by atoms with Gasteiger partial charge in [-0.05, 0) is 19.3 Å². The average molecular weight is 255 g/mol. The lowest BCUT2D eigenvalue weighted by molar-refractivity contribution is 0.00752. The molecular weight excluding hydrogens is 240 g/mol. The van der Waals surface area contributed by atoms with Crippen molar-refractivity contribution in [3.05, 3.63) is 0 Å². The summed E-state index contributed by atoms with van der Waals surface area (Å²) in [5.74, 6) is -0.0723. The van der Waals surface area contributed by atoms with Crippen molar-refractivity contribution in [2.75, 3.05) is 25.6 Å². The van der Waals surface area contributed by atoms with Gasteiger partial charge < -0.3 is 9.47 Å². The first kappa shape index (κ1) is 11.6. The molecule has 4 nitrogen and oxygen atoms in total. The van der Waals surface area contributed by atoms with Crippen LogP contribution in [0, 0.1) is 5.41 Å². The second kappa shape index (κ2) is 4.20. The molecule has 2 fully saturated rings. The molecule has 0 radical (unpaired) electrons. The van der Waals surface area contributed by atoms with Gasteiger partial charge in [-0.1, -0.05) is 0 Å². The summed E-state index contributed by atoms with van der Waals surface area (Å²) in [6.45, 7) is 2.15. The highest BCUT2D eigenvalue weighted by Crippen LogP contribution is 2.41. The number of halogens is 1. The number of ether oxygens (including phenoxy) is 2. The Labute approximate surface area is 94.3 Å². The number of hydrogen-bond donors (Lipinski definition) is 0.